The maximum absolute atomic E-state index is 12.8. The summed E-state index contributed by atoms with van der Waals surface area (Å²) in [7, 11) is 0. The molecular formula is C15H15ClFNO2. The van der Waals surface area contributed by atoms with E-state index in [0.29, 0.717) is 25.5 Å². The van der Waals surface area contributed by atoms with Gasteiger partial charge in [-0.25, -0.2) is 4.39 Å². The van der Waals surface area contributed by atoms with E-state index < -0.39 is 5.82 Å². The van der Waals surface area contributed by atoms with Gasteiger partial charge in [0.2, 0.25) is 0 Å². The molecule has 0 aliphatic heterocycles. The van der Waals surface area contributed by atoms with Crippen molar-refractivity contribution in [2.24, 2.45) is 5.73 Å². The van der Waals surface area contributed by atoms with Gasteiger partial charge in [-0.2, -0.15) is 0 Å². The fourth-order valence-electron chi connectivity index (χ4n) is 1.63. The molecule has 2 N–H and O–H groups in total. The third kappa shape index (κ3) is 4.11. The van der Waals surface area contributed by atoms with Crippen molar-refractivity contribution < 1.29 is 13.9 Å². The normalized spacial score (nSPS) is 10.3. The minimum Gasteiger partial charge on any atom is -0.490 e. The molecule has 2 aromatic rings. The lowest BCUT2D eigenvalue weighted by Gasteiger charge is -2.09. The highest BCUT2D eigenvalue weighted by molar-refractivity contribution is 6.32. The van der Waals surface area contributed by atoms with E-state index in [2.05, 4.69) is 0 Å². The zero-order chi connectivity index (χ0) is 14.4. The third-order valence-electron chi connectivity index (χ3n) is 2.66. The molecule has 0 aromatic heterocycles. The Labute approximate surface area is 122 Å². The monoisotopic (exact) mass is 295 g/mol. The van der Waals surface area contributed by atoms with Gasteiger partial charge in [-0.3, -0.25) is 0 Å². The molecule has 3 nitrogen and oxygen atoms in total. The van der Waals surface area contributed by atoms with Gasteiger partial charge in [0.1, 0.15) is 30.5 Å². The number of benzene rings is 2. The Morgan fingerprint density at radius 3 is 2.35 bits per heavy atom. The Bertz CT molecular complexity index is 560. The lowest BCUT2D eigenvalue weighted by atomic mass is 10.2. The summed E-state index contributed by atoms with van der Waals surface area (Å²) < 4.78 is 23.8. The highest BCUT2D eigenvalue weighted by Crippen LogP contribution is 2.24. The van der Waals surface area contributed by atoms with Gasteiger partial charge in [0.25, 0.3) is 0 Å². The summed E-state index contributed by atoms with van der Waals surface area (Å²) in [6.45, 7) is 1.20. The predicted molar refractivity (Wildman–Crippen MR) is 76.7 cm³/mol. The van der Waals surface area contributed by atoms with Crippen molar-refractivity contribution in [3.8, 4) is 11.5 Å². The number of rotatable bonds is 6. The first-order valence-corrected chi connectivity index (χ1v) is 6.56. The van der Waals surface area contributed by atoms with E-state index in [1.807, 2.05) is 24.3 Å². The van der Waals surface area contributed by atoms with Crippen LogP contribution in [-0.4, -0.2) is 13.2 Å². The average molecular weight is 296 g/mol. The zero-order valence-corrected chi connectivity index (χ0v) is 11.6. The van der Waals surface area contributed by atoms with Crippen LogP contribution in [0.4, 0.5) is 4.39 Å². The SMILES string of the molecule is NCc1ccc(OCCOc2ccc(F)cc2Cl)cc1. The van der Waals surface area contributed by atoms with Crippen LogP contribution in [0.2, 0.25) is 5.02 Å². The number of nitrogens with two attached hydrogens (primary N) is 1. The largest absolute Gasteiger partial charge is 0.490 e. The quantitative estimate of drug-likeness (QED) is 0.831. The van der Waals surface area contributed by atoms with E-state index in [1.54, 1.807) is 0 Å². The van der Waals surface area contributed by atoms with Gasteiger partial charge in [-0.15, -0.1) is 0 Å². The van der Waals surface area contributed by atoms with Crippen molar-refractivity contribution in [3.05, 3.63) is 58.9 Å². The van der Waals surface area contributed by atoms with E-state index in [-0.39, 0.29) is 5.02 Å². The van der Waals surface area contributed by atoms with Crippen molar-refractivity contribution in [3.63, 3.8) is 0 Å². The van der Waals surface area contributed by atoms with Crippen molar-refractivity contribution in [1.29, 1.82) is 0 Å². The summed E-state index contributed by atoms with van der Waals surface area (Å²) in [6, 6.07) is 11.5. The molecule has 0 amide bonds. The van der Waals surface area contributed by atoms with Gasteiger partial charge >= 0.3 is 0 Å². The molecule has 0 aliphatic carbocycles. The van der Waals surface area contributed by atoms with Gasteiger partial charge < -0.3 is 15.2 Å². The van der Waals surface area contributed by atoms with Crippen LogP contribution in [0.1, 0.15) is 5.56 Å². The van der Waals surface area contributed by atoms with Gasteiger partial charge in [0.05, 0.1) is 5.02 Å². The maximum Gasteiger partial charge on any atom is 0.138 e. The highest BCUT2D eigenvalue weighted by atomic mass is 35.5. The average Bonchev–Trinajstić information content (AvgIpc) is 2.46. The molecule has 0 bridgehead atoms. The van der Waals surface area contributed by atoms with E-state index in [0.717, 1.165) is 11.3 Å². The van der Waals surface area contributed by atoms with Crippen LogP contribution < -0.4 is 15.2 Å². The van der Waals surface area contributed by atoms with Crippen LogP contribution >= 0.6 is 11.6 Å². The van der Waals surface area contributed by atoms with Crippen molar-refractivity contribution in [2.45, 2.75) is 6.54 Å². The van der Waals surface area contributed by atoms with Gasteiger partial charge in [-0.05, 0) is 35.9 Å². The van der Waals surface area contributed by atoms with E-state index in [1.165, 1.54) is 18.2 Å². The molecule has 0 fully saturated rings. The van der Waals surface area contributed by atoms with Crippen LogP contribution in [-0.2, 0) is 6.54 Å². The number of hydrogen-bond acceptors (Lipinski definition) is 3. The highest BCUT2D eigenvalue weighted by Gasteiger charge is 2.03. The molecular weight excluding hydrogens is 281 g/mol. The van der Waals surface area contributed by atoms with E-state index >= 15 is 0 Å². The Morgan fingerprint density at radius 2 is 1.70 bits per heavy atom. The molecule has 106 valence electrons. The van der Waals surface area contributed by atoms with Gasteiger partial charge in [0, 0.05) is 6.54 Å². The molecule has 0 heterocycles. The maximum atomic E-state index is 12.8. The Kier molecular flexibility index (Phi) is 5.21. The molecule has 5 heteroatoms. The van der Waals surface area contributed by atoms with Gasteiger partial charge in [0.15, 0.2) is 0 Å². The van der Waals surface area contributed by atoms with Crippen LogP contribution in [0.5, 0.6) is 11.5 Å². The standard InChI is InChI=1S/C15H15ClFNO2/c16-14-9-12(17)3-6-15(14)20-8-7-19-13-4-1-11(10-18)2-5-13/h1-6,9H,7-8,10,18H2. The Morgan fingerprint density at radius 1 is 1.00 bits per heavy atom. The van der Waals surface area contributed by atoms with Crippen molar-refractivity contribution in [2.75, 3.05) is 13.2 Å². The molecule has 0 radical (unpaired) electrons. The summed E-state index contributed by atoms with van der Waals surface area (Å²) in [5.41, 5.74) is 6.56. The van der Waals surface area contributed by atoms with Crippen LogP contribution in [0.25, 0.3) is 0 Å². The topological polar surface area (TPSA) is 44.5 Å². The molecule has 2 rings (SSSR count). The van der Waals surface area contributed by atoms with Crippen molar-refractivity contribution in [1.82, 2.24) is 0 Å². The number of halogens is 2. The second-order valence-electron chi connectivity index (χ2n) is 4.12. The minimum atomic E-state index is -0.390. The lowest BCUT2D eigenvalue weighted by molar-refractivity contribution is 0.217. The fraction of sp³-hybridized carbons (Fsp3) is 0.200. The smallest absolute Gasteiger partial charge is 0.138 e. The van der Waals surface area contributed by atoms with Crippen molar-refractivity contribution >= 4 is 11.6 Å². The Hall–Kier alpha value is -1.78. The minimum absolute atomic E-state index is 0.247. The molecule has 20 heavy (non-hydrogen) atoms. The number of hydrogen-bond donors (Lipinski definition) is 1. The molecule has 2 aromatic carbocycles. The molecule has 0 aliphatic rings. The van der Waals surface area contributed by atoms with Gasteiger partial charge in [-0.1, -0.05) is 23.7 Å². The lowest BCUT2D eigenvalue weighted by Crippen LogP contribution is -2.09. The predicted octanol–water partition coefficient (Wildman–Crippen LogP) is 3.40. The fourth-order valence-corrected chi connectivity index (χ4v) is 1.85. The summed E-state index contributed by atoms with van der Waals surface area (Å²) >= 11 is 5.84. The summed E-state index contributed by atoms with van der Waals surface area (Å²) in [5, 5.41) is 0.247. The molecule has 0 spiro atoms. The first-order chi connectivity index (χ1) is 9.69. The molecule has 0 saturated carbocycles. The van der Waals surface area contributed by atoms with Crippen LogP contribution in [0, 0.1) is 5.82 Å². The van der Waals surface area contributed by atoms with E-state index in [9.17, 15) is 4.39 Å². The Balaban J connectivity index is 1.78. The van der Waals surface area contributed by atoms with Crippen LogP contribution in [0.15, 0.2) is 42.5 Å². The summed E-state index contributed by atoms with van der Waals surface area (Å²) in [4.78, 5) is 0. The number of ether oxygens (including phenoxy) is 2. The third-order valence-corrected chi connectivity index (χ3v) is 2.96. The summed E-state index contributed by atoms with van der Waals surface area (Å²) in [6.07, 6.45) is 0. The first kappa shape index (κ1) is 14.6. The molecule has 0 atom stereocenters. The first-order valence-electron chi connectivity index (χ1n) is 6.18. The second-order valence-corrected chi connectivity index (χ2v) is 4.53. The molecule has 0 unspecified atom stereocenters. The van der Waals surface area contributed by atoms with Crippen LogP contribution in [0.3, 0.4) is 0 Å². The summed E-state index contributed by atoms with van der Waals surface area (Å²) in [5.74, 6) is 0.796. The second kappa shape index (κ2) is 7.12. The van der Waals surface area contributed by atoms with E-state index in [4.69, 9.17) is 26.8 Å². The molecule has 0 saturated heterocycles. The zero-order valence-electron chi connectivity index (χ0n) is 10.8.